The van der Waals surface area contributed by atoms with Crippen molar-refractivity contribution in [3.63, 3.8) is 0 Å². The van der Waals surface area contributed by atoms with Crippen LogP contribution >= 0.6 is 7.26 Å². The van der Waals surface area contributed by atoms with E-state index < -0.39 is 19.8 Å². The molecule has 3 rings (SSSR count). The van der Waals surface area contributed by atoms with Crippen molar-refractivity contribution in [3.05, 3.63) is 73.6 Å². The summed E-state index contributed by atoms with van der Waals surface area (Å²) in [4.78, 5) is 12.2. The lowest BCUT2D eigenvalue weighted by molar-refractivity contribution is 0.378. The Bertz CT molecular complexity index is 676. The fourth-order valence-electron chi connectivity index (χ4n) is 3.11. The summed E-state index contributed by atoms with van der Waals surface area (Å²) in [5.74, 6) is -1.20. The van der Waals surface area contributed by atoms with Crippen LogP contribution in [0, 0.1) is 0 Å². The van der Waals surface area contributed by atoms with Crippen LogP contribution in [-0.2, 0) is 0 Å². The fourth-order valence-corrected chi connectivity index (χ4v) is 7.35. The number of rotatable bonds is 7. The quantitative estimate of drug-likeness (QED) is 0.609. The molecule has 0 saturated carbocycles. The summed E-state index contributed by atoms with van der Waals surface area (Å²) < 4.78 is 28.6. The van der Waals surface area contributed by atoms with Crippen molar-refractivity contribution in [1.82, 2.24) is 15.0 Å². The summed E-state index contributed by atoms with van der Waals surface area (Å²) in [6.07, 6.45) is 10.4. The molecule has 0 N–H and O–H groups in total. The smallest absolute Gasteiger partial charge is 0.219 e. The highest BCUT2D eigenvalue weighted by atomic mass is 31.2. The van der Waals surface area contributed by atoms with Gasteiger partial charge in [0.05, 0.1) is 6.67 Å². The molecule has 0 amide bonds. The van der Waals surface area contributed by atoms with Gasteiger partial charge in [-0.3, -0.25) is 19.3 Å². The first-order valence-corrected chi connectivity index (χ1v) is 9.96. The van der Waals surface area contributed by atoms with E-state index in [0.29, 0.717) is 0 Å². The third-order valence-corrected chi connectivity index (χ3v) is 8.64. The molecule has 0 spiro atoms. The molecule has 25 heavy (non-hydrogen) atoms. The molecule has 0 fully saturated rings. The first-order chi connectivity index (χ1) is 12.3. The second kappa shape index (κ2) is 8.21. The fraction of sp³-hybridized carbons (Fsp3) is 0.211. The highest BCUT2D eigenvalue weighted by molar-refractivity contribution is 7.96. The molecule has 3 nitrogen and oxygen atoms in total. The molecule has 3 aromatic heterocycles. The van der Waals surface area contributed by atoms with E-state index >= 15 is 4.39 Å². The number of halogens is 2. The lowest BCUT2D eigenvalue weighted by atomic mass is 10.3. The van der Waals surface area contributed by atoms with E-state index in [1.54, 1.807) is 37.2 Å². The Morgan fingerprint density at radius 3 is 1.40 bits per heavy atom. The lowest BCUT2D eigenvalue weighted by Gasteiger charge is -2.30. The summed E-state index contributed by atoms with van der Waals surface area (Å²) in [5, 5.41) is 2.64. The minimum absolute atomic E-state index is 0.164. The van der Waals surface area contributed by atoms with Crippen LogP contribution in [-0.4, -0.2) is 27.5 Å². The molecule has 0 aliphatic heterocycles. The van der Waals surface area contributed by atoms with Gasteiger partial charge in [0.15, 0.2) is 0 Å². The van der Waals surface area contributed by atoms with Crippen molar-refractivity contribution < 1.29 is 8.78 Å². The van der Waals surface area contributed by atoms with Crippen LogP contribution < -0.4 is 15.9 Å². The van der Waals surface area contributed by atoms with Gasteiger partial charge < -0.3 is 0 Å². The van der Waals surface area contributed by atoms with E-state index in [1.807, 2.05) is 36.4 Å². The molecular weight excluding hydrogens is 339 g/mol. The van der Waals surface area contributed by atoms with Gasteiger partial charge >= 0.3 is 0 Å². The van der Waals surface area contributed by atoms with Gasteiger partial charge in [-0.1, -0.05) is 0 Å². The monoisotopic (exact) mass is 358 g/mol. The van der Waals surface area contributed by atoms with Gasteiger partial charge in [0.2, 0.25) is 5.91 Å². The Kier molecular flexibility index (Phi) is 5.77. The Labute approximate surface area is 146 Å². The van der Waals surface area contributed by atoms with Gasteiger partial charge in [0.1, 0.15) is 23.2 Å². The summed E-state index contributed by atoms with van der Waals surface area (Å²) in [5.41, 5.74) is 0. The molecule has 6 heteroatoms. The van der Waals surface area contributed by atoms with Gasteiger partial charge in [-0.2, -0.15) is 0 Å². The zero-order chi connectivity index (χ0) is 17.5. The van der Waals surface area contributed by atoms with Crippen LogP contribution in [0.5, 0.6) is 0 Å². The lowest BCUT2D eigenvalue weighted by Crippen LogP contribution is -2.37. The van der Waals surface area contributed by atoms with Crippen molar-refractivity contribution in [2.24, 2.45) is 0 Å². The van der Waals surface area contributed by atoms with Crippen LogP contribution in [0.2, 0.25) is 0 Å². The standard InChI is InChI=1S/C19H19F2N3P/c20-9-1-2-19(21)25(16-3-10-22-11-4-16,17-5-12-23-13-6-17)18-7-14-24-15-8-18/h3-8,10-15,19H,1-2,9H2/q+1. The molecule has 0 saturated heterocycles. The molecule has 1 atom stereocenters. The van der Waals surface area contributed by atoms with E-state index in [9.17, 15) is 4.39 Å². The molecule has 3 heterocycles. The SMILES string of the molecule is FCCCC(F)[P+](c1ccncc1)(c1ccncc1)c1ccncc1. The van der Waals surface area contributed by atoms with Crippen molar-refractivity contribution in [1.29, 1.82) is 0 Å². The number of pyridine rings is 3. The molecular formula is C19H19F2N3P+. The zero-order valence-electron chi connectivity index (χ0n) is 13.7. The summed E-state index contributed by atoms with van der Waals surface area (Å²) >= 11 is 0. The molecule has 128 valence electrons. The van der Waals surface area contributed by atoms with Gasteiger partial charge in [-0.25, -0.2) is 4.39 Å². The maximum absolute atomic E-state index is 15.8. The van der Waals surface area contributed by atoms with Gasteiger partial charge in [0.25, 0.3) is 0 Å². The number of aromatic nitrogens is 3. The number of nitrogens with zero attached hydrogens (tertiary/aromatic N) is 3. The largest absolute Gasteiger partial charge is 0.264 e. The second-order valence-corrected chi connectivity index (χ2v) is 9.16. The van der Waals surface area contributed by atoms with Crippen molar-refractivity contribution >= 4 is 23.2 Å². The predicted octanol–water partition coefficient (Wildman–Crippen LogP) is 3.21. The number of hydrogen-bond acceptors (Lipinski definition) is 3. The Hall–Kier alpha value is -2.26. The third-order valence-electron chi connectivity index (χ3n) is 4.21. The Balaban J connectivity index is 2.28. The van der Waals surface area contributed by atoms with E-state index in [4.69, 9.17) is 0 Å². The van der Waals surface area contributed by atoms with Crippen LogP contribution in [0.1, 0.15) is 12.8 Å². The maximum Gasteiger partial charge on any atom is 0.219 e. The predicted molar refractivity (Wildman–Crippen MR) is 98.6 cm³/mol. The Morgan fingerprint density at radius 2 is 1.08 bits per heavy atom. The highest BCUT2D eigenvalue weighted by Crippen LogP contribution is 2.61. The molecule has 0 radical (unpaired) electrons. The molecule has 0 aliphatic rings. The highest BCUT2D eigenvalue weighted by Gasteiger charge is 2.53. The van der Waals surface area contributed by atoms with Gasteiger partial charge in [0, 0.05) is 43.6 Å². The maximum atomic E-state index is 15.8. The van der Waals surface area contributed by atoms with Crippen LogP contribution in [0.4, 0.5) is 8.78 Å². The minimum Gasteiger partial charge on any atom is -0.264 e. The van der Waals surface area contributed by atoms with Crippen LogP contribution in [0.15, 0.2) is 73.6 Å². The van der Waals surface area contributed by atoms with E-state index in [1.165, 1.54) is 0 Å². The average Bonchev–Trinajstić information content (AvgIpc) is 2.69. The van der Waals surface area contributed by atoms with Crippen LogP contribution in [0.25, 0.3) is 0 Å². The zero-order valence-corrected chi connectivity index (χ0v) is 14.6. The molecule has 0 aliphatic carbocycles. The van der Waals surface area contributed by atoms with Gasteiger partial charge in [-0.15, -0.1) is 0 Å². The summed E-state index contributed by atoms with van der Waals surface area (Å²) in [6.45, 7) is -0.524. The topological polar surface area (TPSA) is 38.7 Å². The first-order valence-electron chi connectivity index (χ1n) is 8.10. The van der Waals surface area contributed by atoms with E-state index in [-0.39, 0.29) is 12.8 Å². The molecule has 3 aromatic rings. The minimum atomic E-state index is -2.63. The summed E-state index contributed by atoms with van der Waals surface area (Å²) in [7, 11) is -2.63. The number of alkyl halides is 2. The molecule has 1 unspecified atom stereocenters. The average molecular weight is 358 g/mol. The van der Waals surface area contributed by atoms with E-state index in [0.717, 1.165) is 15.9 Å². The molecule has 0 bridgehead atoms. The van der Waals surface area contributed by atoms with E-state index in [2.05, 4.69) is 15.0 Å². The Morgan fingerprint density at radius 1 is 0.720 bits per heavy atom. The summed E-state index contributed by atoms with van der Waals surface area (Å²) in [6, 6.07) is 11.1. The van der Waals surface area contributed by atoms with Crippen molar-refractivity contribution in [2.75, 3.05) is 6.67 Å². The first kappa shape index (κ1) is 17.6. The van der Waals surface area contributed by atoms with Crippen molar-refractivity contribution in [2.45, 2.75) is 18.8 Å². The third kappa shape index (κ3) is 3.42. The van der Waals surface area contributed by atoms with Crippen LogP contribution in [0.3, 0.4) is 0 Å². The van der Waals surface area contributed by atoms with Gasteiger partial charge in [-0.05, 0) is 42.8 Å². The normalized spacial score (nSPS) is 12.7. The van der Waals surface area contributed by atoms with Crippen molar-refractivity contribution in [3.8, 4) is 0 Å². The molecule has 0 aromatic carbocycles. The number of hydrogen-bond donors (Lipinski definition) is 0. The second-order valence-electron chi connectivity index (χ2n) is 5.60.